The molecule has 1 N–H and O–H groups in total. The number of carbonyl (C=O) groups is 1. The molecule has 0 radical (unpaired) electrons. The van der Waals surface area contributed by atoms with Gasteiger partial charge in [-0.05, 0) is 18.8 Å². The third kappa shape index (κ3) is 6.06. The monoisotopic (exact) mass is 197 g/mol. The van der Waals surface area contributed by atoms with Crippen molar-refractivity contribution in [3.63, 3.8) is 0 Å². The summed E-state index contributed by atoms with van der Waals surface area (Å²) in [5.74, 6) is -0.467. The van der Waals surface area contributed by atoms with E-state index in [1.807, 2.05) is 0 Å². The van der Waals surface area contributed by atoms with Gasteiger partial charge < -0.3 is 9.84 Å². The minimum Gasteiger partial charge on any atom is -0.478 e. The summed E-state index contributed by atoms with van der Waals surface area (Å²) in [5.41, 5.74) is 0.146. The third-order valence-corrected chi connectivity index (χ3v) is 1.76. The van der Waals surface area contributed by atoms with Gasteiger partial charge in [0, 0.05) is 0 Å². The molecule has 4 nitrogen and oxygen atoms in total. The molecule has 0 aromatic rings. The minimum atomic E-state index is -1.02. The van der Waals surface area contributed by atoms with Gasteiger partial charge in [-0.1, -0.05) is 20.3 Å². The van der Waals surface area contributed by atoms with Crippen molar-refractivity contribution in [1.29, 1.82) is 5.26 Å². The number of nitriles is 1. The van der Waals surface area contributed by atoms with E-state index in [0.29, 0.717) is 12.3 Å². The third-order valence-electron chi connectivity index (χ3n) is 1.76. The van der Waals surface area contributed by atoms with Gasteiger partial charge in [-0.25, -0.2) is 4.79 Å². The lowest BCUT2D eigenvalue weighted by atomic mass is 10.0. The maximum absolute atomic E-state index is 10.6. The Labute approximate surface area is 83.8 Å². The highest BCUT2D eigenvalue weighted by atomic mass is 16.5. The molecule has 0 unspecified atom stereocenters. The smallest absolute Gasteiger partial charge is 0.334 e. The topological polar surface area (TPSA) is 70.3 Å². The molecule has 0 spiro atoms. The molecule has 0 aliphatic carbocycles. The Bertz CT molecular complexity index is 251. The SMILES string of the molecule is CC(C)CCCC(=COC#N)C(=O)O. The van der Waals surface area contributed by atoms with E-state index in [1.54, 1.807) is 0 Å². The quantitative estimate of drug-likeness (QED) is 0.403. The van der Waals surface area contributed by atoms with Crippen LogP contribution in [0.3, 0.4) is 0 Å². The first-order chi connectivity index (χ1) is 6.57. The van der Waals surface area contributed by atoms with Gasteiger partial charge in [0.1, 0.15) is 6.26 Å². The maximum atomic E-state index is 10.6. The van der Waals surface area contributed by atoms with Crippen molar-refractivity contribution in [2.24, 2.45) is 5.92 Å². The van der Waals surface area contributed by atoms with Crippen molar-refractivity contribution < 1.29 is 14.6 Å². The highest BCUT2D eigenvalue weighted by Gasteiger charge is 2.07. The van der Waals surface area contributed by atoms with E-state index in [2.05, 4.69) is 18.6 Å². The molecule has 0 aliphatic heterocycles. The first-order valence-electron chi connectivity index (χ1n) is 4.55. The zero-order valence-corrected chi connectivity index (χ0v) is 8.49. The molecule has 0 heterocycles. The van der Waals surface area contributed by atoms with Crippen LogP contribution in [0.2, 0.25) is 0 Å². The van der Waals surface area contributed by atoms with Crippen LogP contribution in [0.15, 0.2) is 11.8 Å². The Balaban J connectivity index is 4.00. The Morgan fingerprint density at radius 1 is 1.64 bits per heavy atom. The molecular weight excluding hydrogens is 182 g/mol. The van der Waals surface area contributed by atoms with Crippen LogP contribution in [-0.4, -0.2) is 11.1 Å². The van der Waals surface area contributed by atoms with Gasteiger partial charge in [0.25, 0.3) is 6.26 Å². The first-order valence-corrected chi connectivity index (χ1v) is 4.55. The minimum absolute atomic E-state index is 0.146. The second-order valence-corrected chi connectivity index (χ2v) is 3.44. The van der Waals surface area contributed by atoms with Gasteiger partial charge >= 0.3 is 5.97 Å². The van der Waals surface area contributed by atoms with Crippen LogP contribution < -0.4 is 0 Å². The van der Waals surface area contributed by atoms with Gasteiger partial charge in [0.2, 0.25) is 0 Å². The number of ether oxygens (including phenoxy) is 1. The van der Waals surface area contributed by atoms with Crippen LogP contribution in [0.1, 0.15) is 33.1 Å². The van der Waals surface area contributed by atoms with Gasteiger partial charge in [-0.3, -0.25) is 0 Å². The van der Waals surface area contributed by atoms with E-state index >= 15 is 0 Å². The van der Waals surface area contributed by atoms with Crippen molar-refractivity contribution in [3.05, 3.63) is 11.8 Å². The Hall–Kier alpha value is -1.50. The van der Waals surface area contributed by atoms with Crippen LogP contribution >= 0.6 is 0 Å². The van der Waals surface area contributed by atoms with Crippen molar-refractivity contribution in [2.75, 3.05) is 0 Å². The zero-order chi connectivity index (χ0) is 11.0. The molecule has 0 bridgehead atoms. The molecule has 0 saturated carbocycles. The van der Waals surface area contributed by atoms with E-state index in [4.69, 9.17) is 10.4 Å². The normalized spacial score (nSPS) is 11.1. The summed E-state index contributed by atoms with van der Waals surface area (Å²) in [6.45, 7) is 4.16. The second kappa shape index (κ2) is 6.96. The summed E-state index contributed by atoms with van der Waals surface area (Å²) in [5, 5.41) is 16.8. The lowest BCUT2D eigenvalue weighted by Crippen LogP contribution is -2.01. The van der Waals surface area contributed by atoms with Gasteiger partial charge in [0.15, 0.2) is 0 Å². The van der Waals surface area contributed by atoms with E-state index in [0.717, 1.165) is 19.1 Å². The molecule has 0 atom stereocenters. The average Bonchev–Trinajstić information content (AvgIpc) is 2.09. The van der Waals surface area contributed by atoms with E-state index in [-0.39, 0.29) is 5.57 Å². The molecule has 0 saturated heterocycles. The number of aliphatic carboxylic acids is 1. The van der Waals surface area contributed by atoms with Crippen LogP contribution in [0.4, 0.5) is 0 Å². The Kier molecular flexibility index (Phi) is 6.21. The molecule has 0 amide bonds. The summed E-state index contributed by atoms with van der Waals surface area (Å²) >= 11 is 0. The van der Waals surface area contributed by atoms with Crippen LogP contribution in [0.25, 0.3) is 0 Å². The maximum Gasteiger partial charge on any atom is 0.334 e. The molecule has 78 valence electrons. The number of hydrogen-bond donors (Lipinski definition) is 1. The Morgan fingerprint density at radius 3 is 2.71 bits per heavy atom. The fourth-order valence-electron chi connectivity index (χ4n) is 1.01. The van der Waals surface area contributed by atoms with Crippen molar-refractivity contribution in [3.8, 4) is 6.26 Å². The van der Waals surface area contributed by atoms with Crippen LogP contribution in [0, 0.1) is 17.4 Å². The summed E-state index contributed by atoms with van der Waals surface area (Å²) in [6.07, 6.45) is 4.62. The highest BCUT2D eigenvalue weighted by molar-refractivity contribution is 5.86. The van der Waals surface area contributed by atoms with E-state index in [1.165, 1.54) is 6.26 Å². The Morgan fingerprint density at radius 2 is 2.29 bits per heavy atom. The van der Waals surface area contributed by atoms with E-state index < -0.39 is 5.97 Å². The molecular formula is C10H15NO3. The summed E-state index contributed by atoms with van der Waals surface area (Å²) < 4.78 is 4.28. The number of rotatable bonds is 6. The second-order valence-electron chi connectivity index (χ2n) is 3.44. The summed E-state index contributed by atoms with van der Waals surface area (Å²) in [6, 6.07) is 0. The molecule has 0 aliphatic rings. The molecule has 0 rings (SSSR count). The highest BCUT2D eigenvalue weighted by Crippen LogP contribution is 2.12. The van der Waals surface area contributed by atoms with Crippen molar-refractivity contribution in [2.45, 2.75) is 33.1 Å². The summed E-state index contributed by atoms with van der Waals surface area (Å²) in [7, 11) is 0. The number of nitrogens with zero attached hydrogens (tertiary/aromatic N) is 1. The van der Waals surface area contributed by atoms with E-state index in [9.17, 15) is 4.79 Å². The fraction of sp³-hybridized carbons (Fsp3) is 0.600. The number of carboxylic acids is 1. The standard InChI is InChI=1S/C10H15NO3/c1-8(2)4-3-5-9(10(12)13)6-14-7-11/h6,8H,3-5H2,1-2H3,(H,12,13). The molecule has 4 heteroatoms. The first kappa shape index (κ1) is 12.5. The molecule has 14 heavy (non-hydrogen) atoms. The lowest BCUT2D eigenvalue weighted by Gasteiger charge is -2.04. The molecule has 0 aromatic carbocycles. The van der Waals surface area contributed by atoms with Gasteiger partial charge in [-0.2, -0.15) is 0 Å². The molecule has 0 fully saturated rings. The number of carboxylic acid groups (broad SMARTS) is 1. The van der Waals surface area contributed by atoms with Gasteiger partial charge in [-0.15, -0.1) is 5.26 Å². The number of hydrogen-bond acceptors (Lipinski definition) is 3. The molecule has 0 aromatic heterocycles. The fourth-order valence-corrected chi connectivity index (χ4v) is 1.01. The predicted molar refractivity (Wildman–Crippen MR) is 51.1 cm³/mol. The van der Waals surface area contributed by atoms with Crippen molar-refractivity contribution in [1.82, 2.24) is 0 Å². The van der Waals surface area contributed by atoms with Gasteiger partial charge in [0.05, 0.1) is 5.57 Å². The average molecular weight is 197 g/mol. The summed E-state index contributed by atoms with van der Waals surface area (Å²) in [4.78, 5) is 10.6. The zero-order valence-electron chi connectivity index (χ0n) is 8.49. The largest absolute Gasteiger partial charge is 0.478 e. The van der Waals surface area contributed by atoms with Crippen LogP contribution in [0.5, 0.6) is 0 Å². The lowest BCUT2D eigenvalue weighted by molar-refractivity contribution is -0.132. The predicted octanol–water partition coefficient (Wildman–Crippen LogP) is 2.28. The van der Waals surface area contributed by atoms with Crippen molar-refractivity contribution >= 4 is 5.97 Å². The van der Waals surface area contributed by atoms with Crippen LogP contribution in [-0.2, 0) is 9.53 Å².